The maximum Gasteiger partial charge on any atom is 0.271 e. The fraction of sp³-hybridized carbons (Fsp3) is 1.00. The summed E-state index contributed by atoms with van der Waals surface area (Å²) < 4.78 is 30.6. The van der Waals surface area contributed by atoms with E-state index in [0.29, 0.717) is 17.8 Å². The number of rotatable bonds is 2. The topological polar surface area (TPSA) is 43.4 Å². The molecule has 0 aromatic heterocycles. The van der Waals surface area contributed by atoms with Crippen molar-refractivity contribution >= 4 is 10.1 Å². The standard InChI is InChI=1S/C15H26O3S/c1-8(2)10-12-15(6)7-14(10,5)11(9(3)4)13(15)19(16,17)18-12/h8-13H,7H2,1-6H3. The summed E-state index contributed by atoms with van der Waals surface area (Å²) in [6, 6.07) is 0. The van der Waals surface area contributed by atoms with Crippen LogP contribution >= 0.6 is 0 Å². The van der Waals surface area contributed by atoms with E-state index in [1.807, 2.05) is 0 Å². The molecule has 1 saturated heterocycles. The zero-order valence-electron chi connectivity index (χ0n) is 12.8. The second-order valence-electron chi connectivity index (χ2n) is 8.16. The third kappa shape index (κ3) is 1.40. The average molecular weight is 286 g/mol. The van der Waals surface area contributed by atoms with Gasteiger partial charge in [-0.2, -0.15) is 8.42 Å². The van der Waals surface area contributed by atoms with Crippen LogP contribution in [0.1, 0.15) is 48.0 Å². The summed E-state index contributed by atoms with van der Waals surface area (Å²) in [6.45, 7) is 13.2. The molecular formula is C15H26O3S. The summed E-state index contributed by atoms with van der Waals surface area (Å²) in [5.74, 6) is 1.44. The fourth-order valence-corrected chi connectivity index (χ4v) is 8.87. The maximum atomic E-state index is 12.5. The van der Waals surface area contributed by atoms with Gasteiger partial charge in [0.25, 0.3) is 10.1 Å². The first kappa shape index (κ1) is 13.9. The van der Waals surface area contributed by atoms with Gasteiger partial charge in [-0.15, -0.1) is 0 Å². The Bertz CT molecular complexity index is 509. The smallest absolute Gasteiger partial charge is 0.266 e. The van der Waals surface area contributed by atoms with Crippen LogP contribution < -0.4 is 0 Å². The molecule has 110 valence electrons. The van der Waals surface area contributed by atoms with Gasteiger partial charge in [0.2, 0.25) is 0 Å². The molecule has 1 heterocycles. The fourth-order valence-electron chi connectivity index (χ4n) is 6.26. The lowest BCUT2D eigenvalue weighted by molar-refractivity contribution is -0.0108. The minimum Gasteiger partial charge on any atom is -0.266 e. The number of hydrogen-bond donors (Lipinski definition) is 0. The van der Waals surface area contributed by atoms with Crippen LogP contribution in [0.15, 0.2) is 0 Å². The van der Waals surface area contributed by atoms with Crippen molar-refractivity contribution in [1.29, 1.82) is 0 Å². The molecule has 6 unspecified atom stereocenters. The van der Waals surface area contributed by atoms with Gasteiger partial charge in [-0.3, -0.25) is 4.18 Å². The summed E-state index contributed by atoms with van der Waals surface area (Å²) in [5, 5.41) is -0.287. The summed E-state index contributed by atoms with van der Waals surface area (Å²) in [7, 11) is -3.39. The van der Waals surface area contributed by atoms with E-state index in [-0.39, 0.29) is 28.1 Å². The molecule has 0 radical (unpaired) electrons. The van der Waals surface area contributed by atoms with Crippen LogP contribution in [0.4, 0.5) is 0 Å². The molecule has 0 aromatic rings. The quantitative estimate of drug-likeness (QED) is 0.733. The van der Waals surface area contributed by atoms with Gasteiger partial charge in [0.1, 0.15) is 0 Å². The van der Waals surface area contributed by atoms with Crippen LogP contribution in [-0.4, -0.2) is 19.8 Å². The summed E-state index contributed by atoms with van der Waals surface area (Å²) in [4.78, 5) is 0. The first-order chi connectivity index (χ1) is 8.56. The molecule has 0 aromatic carbocycles. The Morgan fingerprint density at radius 1 is 1.00 bits per heavy atom. The Labute approximate surface area is 117 Å². The SMILES string of the molecule is CC(C)C1C2OS(=O)(=O)C3C(C(C)C)C1(C)CC23C. The van der Waals surface area contributed by atoms with Crippen molar-refractivity contribution < 1.29 is 12.6 Å². The van der Waals surface area contributed by atoms with Gasteiger partial charge in [0.15, 0.2) is 0 Å². The van der Waals surface area contributed by atoms with Gasteiger partial charge in [-0.1, -0.05) is 41.5 Å². The molecule has 0 spiro atoms. The Hall–Kier alpha value is -0.0900. The monoisotopic (exact) mass is 286 g/mol. The molecule has 6 atom stereocenters. The van der Waals surface area contributed by atoms with Crippen LogP contribution in [0.5, 0.6) is 0 Å². The van der Waals surface area contributed by atoms with E-state index < -0.39 is 10.1 Å². The van der Waals surface area contributed by atoms with Crippen molar-refractivity contribution in [1.82, 2.24) is 0 Å². The van der Waals surface area contributed by atoms with Crippen LogP contribution in [0.3, 0.4) is 0 Å². The van der Waals surface area contributed by atoms with E-state index in [9.17, 15) is 8.42 Å². The summed E-state index contributed by atoms with van der Waals surface area (Å²) >= 11 is 0. The Balaban J connectivity index is 2.22. The van der Waals surface area contributed by atoms with E-state index in [1.165, 1.54) is 0 Å². The molecule has 19 heavy (non-hydrogen) atoms. The van der Waals surface area contributed by atoms with E-state index in [2.05, 4.69) is 41.5 Å². The second-order valence-corrected chi connectivity index (χ2v) is 9.84. The predicted octanol–water partition coefficient (Wildman–Crippen LogP) is 3.06. The van der Waals surface area contributed by atoms with Gasteiger partial charge < -0.3 is 0 Å². The van der Waals surface area contributed by atoms with Gasteiger partial charge in [-0.05, 0) is 35.5 Å². The van der Waals surface area contributed by atoms with Crippen LogP contribution in [0.25, 0.3) is 0 Å². The lowest BCUT2D eigenvalue weighted by Crippen LogP contribution is -2.49. The van der Waals surface area contributed by atoms with Gasteiger partial charge in [0, 0.05) is 5.41 Å². The third-order valence-corrected chi connectivity index (χ3v) is 8.15. The van der Waals surface area contributed by atoms with Crippen molar-refractivity contribution in [3.8, 4) is 0 Å². The number of fused-ring (bicyclic) bond motifs is 1. The normalized spacial score (nSPS) is 54.5. The lowest BCUT2D eigenvalue weighted by Gasteiger charge is -2.45. The molecule has 4 heteroatoms. The van der Waals surface area contributed by atoms with Crippen molar-refractivity contribution in [2.24, 2.45) is 34.5 Å². The molecule has 2 aliphatic carbocycles. The molecule has 2 saturated carbocycles. The van der Waals surface area contributed by atoms with E-state index in [0.717, 1.165) is 6.42 Å². The Morgan fingerprint density at radius 3 is 2.00 bits per heavy atom. The van der Waals surface area contributed by atoms with Gasteiger partial charge >= 0.3 is 0 Å². The average Bonchev–Trinajstić information content (AvgIpc) is 2.61. The van der Waals surface area contributed by atoms with Gasteiger partial charge in [0.05, 0.1) is 11.4 Å². The van der Waals surface area contributed by atoms with E-state index in [1.54, 1.807) is 0 Å². The number of hydrogen-bond acceptors (Lipinski definition) is 3. The maximum absolute atomic E-state index is 12.5. The lowest BCUT2D eigenvalue weighted by atomic mass is 9.60. The van der Waals surface area contributed by atoms with Crippen molar-refractivity contribution in [3.63, 3.8) is 0 Å². The van der Waals surface area contributed by atoms with Crippen LogP contribution in [0, 0.1) is 34.5 Å². The minimum atomic E-state index is -3.39. The molecule has 2 bridgehead atoms. The highest BCUT2D eigenvalue weighted by Gasteiger charge is 2.79. The van der Waals surface area contributed by atoms with E-state index >= 15 is 0 Å². The molecule has 3 aliphatic rings. The van der Waals surface area contributed by atoms with Crippen molar-refractivity contribution in [3.05, 3.63) is 0 Å². The van der Waals surface area contributed by atoms with Crippen LogP contribution in [0.2, 0.25) is 0 Å². The molecule has 3 rings (SSSR count). The third-order valence-electron chi connectivity index (χ3n) is 6.22. The minimum absolute atomic E-state index is 0.0949. The van der Waals surface area contributed by atoms with Crippen LogP contribution in [-0.2, 0) is 14.3 Å². The summed E-state index contributed by atoms with van der Waals surface area (Å²) in [6.07, 6.45) is 0.905. The second kappa shape index (κ2) is 3.56. The zero-order chi connectivity index (χ0) is 14.4. The molecular weight excluding hydrogens is 260 g/mol. The van der Waals surface area contributed by atoms with Crippen molar-refractivity contribution in [2.75, 3.05) is 0 Å². The molecule has 3 nitrogen and oxygen atoms in total. The van der Waals surface area contributed by atoms with Gasteiger partial charge in [-0.25, -0.2) is 0 Å². The molecule has 1 aliphatic heterocycles. The Morgan fingerprint density at radius 2 is 1.53 bits per heavy atom. The zero-order valence-corrected chi connectivity index (χ0v) is 13.6. The predicted molar refractivity (Wildman–Crippen MR) is 75.1 cm³/mol. The first-order valence-corrected chi connectivity index (χ1v) is 8.95. The van der Waals surface area contributed by atoms with Crippen molar-refractivity contribution in [2.45, 2.75) is 59.3 Å². The highest BCUT2D eigenvalue weighted by atomic mass is 32.2. The summed E-state index contributed by atoms with van der Waals surface area (Å²) in [5.41, 5.74) is -0.0621. The largest absolute Gasteiger partial charge is 0.271 e. The molecule has 0 N–H and O–H groups in total. The highest BCUT2D eigenvalue weighted by molar-refractivity contribution is 7.87. The Kier molecular flexibility index (Phi) is 2.60. The van der Waals surface area contributed by atoms with E-state index in [4.69, 9.17) is 4.18 Å². The first-order valence-electron chi connectivity index (χ1n) is 7.48. The molecule has 0 amide bonds. The highest BCUT2D eigenvalue weighted by Crippen LogP contribution is 2.74. The molecule has 3 fully saturated rings.